The van der Waals surface area contributed by atoms with Crippen molar-refractivity contribution in [1.82, 2.24) is 5.32 Å². The number of ether oxygens (including phenoxy) is 2. The Labute approximate surface area is 123 Å². The van der Waals surface area contributed by atoms with E-state index in [9.17, 15) is 0 Å². The first kappa shape index (κ1) is 17.0. The molecule has 0 radical (unpaired) electrons. The fourth-order valence-corrected chi connectivity index (χ4v) is 2.07. The van der Waals surface area contributed by atoms with Crippen LogP contribution in [0.15, 0.2) is 24.3 Å². The van der Waals surface area contributed by atoms with Gasteiger partial charge in [-0.15, -0.1) is 0 Å². The smallest absolute Gasteiger partial charge is 0.120 e. The molecule has 0 amide bonds. The molecule has 0 saturated carbocycles. The summed E-state index contributed by atoms with van der Waals surface area (Å²) in [6.45, 7) is 9.37. The van der Waals surface area contributed by atoms with Gasteiger partial charge in [0.2, 0.25) is 0 Å². The molecule has 1 rings (SSSR count). The van der Waals surface area contributed by atoms with Gasteiger partial charge in [0.15, 0.2) is 0 Å². The number of rotatable bonds is 10. The summed E-state index contributed by atoms with van der Waals surface area (Å²) in [6, 6.07) is 8.13. The fourth-order valence-electron chi connectivity index (χ4n) is 2.07. The number of nitrogens with one attached hydrogen (secondary N) is 1. The van der Waals surface area contributed by atoms with Crippen molar-refractivity contribution >= 4 is 0 Å². The van der Waals surface area contributed by atoms with Gasteiger partial charge in [0, 0.05) is 7.11 Å². The maximum Gasteiger partial charge on any atom is 0.120 e. The highest BCUT2D eigenvalue weighted by atomic mass is 16.5. The normalized spacial score (nSPS) is 12.7. The van der Waals surface area contributed by atoms with Gasteiger partial charge in [-0.1, -0.05) is 26.0 Å². The van der Waals surface area contributed by atoms with Crippen LogP contribution in [0.2, 0.25) is 0 Å². The second-order valence-corrected chi connectivity index (χ2v) is 5.75. The second kappa shape index (κ2) is 9.78. The van der Waals surface area contributed by atoms with Crippen molar-refractivity contribution in [2.75, 3.05) is 20.2 Å². The van der Waals surface area contributed by atoms with Crippen molar-refractivity contribution in [3.8, 4) is 5.75 Å². The van der Waals surface area contributed by atoms with Crippen molar-refractivity contribution < 1.29 is 9.47 Å². The first-order chi connectivity index (χ1) is 9.61. The molecule has 0 aliphatic heterocycles. The maximum absolute atomic E-state index is 5.95. The van der Waals surface area contributed by atoms with E-state index in [1.807, 2.05) is 12.1 Å². The Morgan fingerprint density at radius 2 is 2.00 bits per heavy atom. The number of benzene rings is 1. The van der Waals surface area contributed by atoms with E-state index in [2.05, 4.69) is 38.2 Å². The van der Waals surface area contributed by atoms with E-state index in [0.717, 1.165) is 37.2 Å². The van der Waals surface area contributed by atoms with Crippen LogP contribution in [-0.2, 0) is 11.3 Å². The average Bonchev–Trinajstić information content (AvgIpc) is 2.38. The zero-order valence-corrected chi connectivity index (χ0v) is 13.3. The van der Waals surface area contributed by atoms with E-state index >= 15 is 0 Å². The van der Waals surface area contributed by atoms with Gasteiger partial charge < -0.3 is 14.8 Å². The van der Waals surface area contributed by atoms with Crippen molar-refractivity contribution in [1.29, 1.82) is 0 Å². The van der Waals surface area contributed by atoms with Gasteiger partial charge in [0.1, 0.15) is 5.75 Å². The third kappa shape index (κ3) is 7.51. The minimum atomic E-state index is 0.244. The minimum Gasteiger partial charge on any atom is -0.491 e. The third-order valence-electron chi connectivity index (χ3n) is 3.06. The molecule has 3 nitrogen and oxygen atoms in total. The largest absolute Gasteiger partial charge is 0.491 e. The van der Waals surface area contributed by atoms with Gasteiger partial charge >= 0.3 is 0 Å². The Kier molecular flexibility index (Phi) is 8.31. The van der Waals surface area contributed by atoms with Gasteiger partial charge in [-0.3, -0.25) is 0 Å². The molecule has 1 aromatic rings. The lowest BCUT2D eigenvalue weighted by Gasteiger charge is -2.16. The van der Waals surface area contributed by atoms with Crippen LogP contribution >= 0.6 is 0 Å². The van der Waals surface area contributed by atoms with E-state index in [0.29, 0.717) is 12.5 Å². The van der Waals surface area contributed by atoms with Crippen LogP contribution in [0.3, 0.4) is 0 Å². The molecule has 0 aliphatic carbocycles. The fraction of sp³-hybridized carbons (Fsp3) is 0.647. The molecule has 20 heavy (non-hydrogen) atoms. The number of methoxy groups -OCH3 is 1. The molecule has 0 saturated heterocycles. The quantitative estimate of drug-likeness (QED) is 0.663. The summed E-state index contributed by atoms with van der Waals surface area (Å²) in [4.78, 5) is 0. The van der Waals surface area contributed by atoms with Crippen LogP contribution in [0, 0.1) is 5.92 Å². The predicted octanol–water partition coefficient (Wildman–Crippen LogP) is 3.63. The topological polar surface area (TPSA) is 30.5 Å². The van der Waals surface area contributed by atoms with Gasteiger partial charge in [0.25, 0.3) is 0 Å². The standard InChI is InChI=1S/C17H29NO2/c1-14(2)12-18-10-6-7-15(3)20-17-9-5-8-16(11-17)13-19-4/h5,8-9,11,14-15,18H,6-7,10,12-13H2,1-4H3. The lowest BCUT2D eigenvalue weighted by molar-refractivity contribution is 0.182. The summed E-state index contributed by atoms with van der Waals surface area (Å²) in [6.07, 6.45) is 2.46. The van der Waals surface area contributed by atoms with E-state index < -0.39 is 0 Å². The van der Waals surface area contributed by atoms with E-state index in [1.54, 1.807) is 7.11 Å². The molecular weight excluding hydrogens is 250 g/mol. The second-order valence-electron chi connectivity index (χ2n) is 5.75. The van der Waals surface area contributed by atoms with Crippen LogP contribution in [0.25, 0.3) is 0 Å². The van der Waals surface area contributed by atoms with Crippen molar-refractivity contribution in [3.05, 3.63) is 29.8 Å². The molecule has 3 heteroatoms. The molecular formula is C17H29NO2. The molecule has 1 N–H and O–H groups in total. The van der Waals surface area contributed by atoms with E-state index in [4.69, 9.17) is 9.47 Å². The Balaban J connectivity index is 2.24. The Bertz CT molecular complexity index is 366. The van der Waals surface area contributed by atoms with Crippen molar-refractivity contribution in [2.24, 2.45) is 5.92 Å². The molecule has 0 aromatic heterocycles. The summed E-state index contributed by atoms with van der Waals surface area (Å²) in [5, 5.41) is 3.46. The van der Waals surface area contributed by atoms with Crippen LogP contribution in [-0.4, -0.2) is 26.3 Å². The van der Waals surface area contributed by atoms with Gasteiger partial charge in [0.05, 0.1) is 12.7 Å². The Morgan fingerprint density at radius 1 is 1.20 bits per heavy atom. The predicted molar refractivity (Wildman–Crippen MR) is 84.2 cm³/mol. The SMILES string of the molecule is COCc1cccc(OC(C)CCCNCC(C)C)c1. The summed E-state index contributed by atoms with van der Waals surface area (Å²) in [7, 11) is 1.71. The molecule has 114 valence electrons. The van der Waals surface area contributed by atoms with Crippen LogP contribution in [0.1, 0.15) is 39.2 Å². The van der Waals surface area contributed by atoms with E-state index in [1.165, 1.54) is 0 Å². The lowest BCUT2D eigenvalue weighted by atomic mass is 10.2. The van der Waals surface area contributed by atoms with E-state index in [-0.39, 0.29) is 6.10 Å². The van der Waals surface area contributed by atoms with Gasteiger partial charge in [-0.2, -0.15) is 0 Å². The maximum atomic E-state index is 5.95. The van der Waals surface area contributed by atoms with Crippen LogP contribution < -0.4 is 10.1 Å². The zero-order valence-electron chi connectivity index (χ0n) is 13.3. The highest BCUT2D eigenvalue weighted by Gasteiger charge is 2.05. The zero-order chi connectivity index (χ0) is 14.8. The summed E-state index contributed by atoms with van der Waals surface area (Å²) >= 11 is 0. The molecule has 0 spiro atoms. The van der Waals surface area contributed by atoms with Gasteiger partial charge in [-0.25, -0.2) is 0 Å². The molecule has 0 aliphatic rings. The molecule has 1 unspecified atom stereocenters. The highest BCUT2D eigenvalue weighted by Crippen LogP contribution is 2.16. The molecule has 0 heterocycles. The Hall–Kier alpha value is -1.06. The summed E-state index contributed by atoms with van der Waals surface area (Å²) in [5.41, 5.74) is 1.15. The monoisotopic (exact) mass is 279 g/mol. The van der Waals surface area contributed by atoms with Crippen LogP contribution in [0.4, 0.5) is 0 Å². The van der Waals surface area contributed by atoms with Gasteiger partial charge in [-0.05, 0) is 56.5 Å². The van der Waals surface area contributed by atoms with Crippen molar-refractivity contribution in [2.45, 2.75) is 46.3 Å². The molecule has 1 aromatic carbocycles. The highest BCUT2D eigenvalue weighted by molar-refractivity contribution is 5.28. The summed E-state index contributed by atoms with van der Waals surface area (Å²) in [5.74, 6) is 1.65. The lowest BCUT2D eigenvalue weighted by Crippen LogP contribution is -2.22. The number of hydrogen-bond acceptors (Lipinski definition) is 3. The summed E-state index contributed by atoms with van der Waals surface area (Å²) < 4.78 is 11.1. The molecule has 0 fully saturated rings. The third-order valence-corrected chi connectivity index (χ3v) is 3.06. The Morgan fingerprint density at radius 3 is 2.70 bits per heavy atom. The molecule has 1 atom stereocenters. The van der Waals surface area contributed by atoms with Crippen molar-refractivity contribution in [3.63, 3.8) is 0 Å². The average molecular weight is 279 g/mol. The number of hydrogen-bond donors (Lipinski definition) is 1. The molecule has 0 bridgehead atoms. The van der Waals surface area contributed by atoms with Crippen LogP contribution in [0.5, 0.6) is 5.75 Å². The first-order valence-corrected chi connectivity index (χ1v) is 7.57. The minimum absolute atomic E-state index is 0.244. The first-order valence-electron chi connectivity index (χ1n) is 7.57.